The van der Waals surface area contributed by atoms with Gasteiger partial charge in [-0.25, -0.2) is 0 Å². The normalized spacial score (nSPS) is 10.7. The molecule has 4 N–H and O–H groups in total. The second-order valence-electron chi connectivity index (χ2n) is 4.23. The lowest BCUT2D eigenvalue weighted by Crippen LogP contribution is -2.42. The molecule has 0 aromatic rings. The molecule has 0 fully saturated rings. The van der Waals surface area contributed by atoms with Crippen LogP contribution in [-0.2, 0) is 9.59 Å². The maximum Gasteiger partial charge on any atom is 0.309 e. The van der Waals surface area contributed by atoms with Gasteiger partial charge in [0.1, 0.15) is 0 Å². The fraction of sp³-hybridized carbons (Fsp3) is 0.818. The monoisotopic (exact) mass is 244 g/mol. The molecular weight excluding hydrogens is 220 g/mol. The van der Waals surface area contributed by atoms with Gasteiger partial charge in [0.2, 0.25) is 0 Å². The third kappa shape index (κ3) is 7.70. The number of amides is 2. The van der Waals surface area contributed by atoms with Crippen LogP contribution in [0.2, 0.25) is 0 Å². The summed E-state index contributed by atoms with van der Waals surface area (Å²) < 4.78 is 0. The number of nitrogens with zero attached hydrogens (tertiary/aromatic N) is 1. The smallest absolute Gasteiger partial charge is 0.309 e. The van der Waals surface area contributed by atoms with Crippen LogP contribution in [0.4, 0.5) is 0 Å². The van der Waals surface area contributed by atoms with Crippen LogP contribution in [0.5, 0.6) is 0 Å². The van der Waals surface area contributed by atoms with Crippen LogP contribution in [0.15, 0.2) is 0 Å². The average molecular weight is 244 g/mol. The Morgan fingerprint density at radius 1 is 1.18 bits per heavy atom. The second kappa shape index (κ2) is 8.95. The molecule has 0 aliphatic carbocycles. The van der Waals surface area contributed by atoms with Crippen molar-refractivity contribution in [2.75, 3.05) is 33.2 Å². The lowest BCUT2D eigenvalue weighted by molar-refractivity contribution is -0.139. The predicted molar refractivity (Wildman–Crippen MR) is 67.5 cm³/mol. The summed E-state index contributed by atoms with van der Waals surface area (Å²) in [6.45, 7) is 6.27. The van der Waals surface area contributed by atoms with Gasteiger partial charge in [-0.15, -0.1) is 0 Å². The Labute approximate surface area is 103 Å². The summed E-state index contributed by atoms with van der Waals surface area (Å²) in [6.07, 6.45) is 0.824. The number of rotatable bonds is 7. The first-order valence-electron chi connectivity index (χ1n) is 5.95. The summed E-state index contributed by atoms with van der Waals surface area (Å²) in [7, 11) is 2.03. The molecule has 0 saturated carbocycles. The zero-order chi connectivity index (χ0) is 13.3. The lowest BCUT2D eigenvalue weighted by Gasteiger charge is -2.20. The molecule has 0 rings (SSSR count). The molecule has 0 aliphatic heterocycles. The summed E-state index contributed by atoms with van der Waals surface area (Å²) in [5, 5.41) is 4.98. The molecule has 2 amide bonds. The van der Waals surface area contributed by atoms with Crippen molar-refractivity contribution in [2.45, 2.75) is 26.3 Å². The number of carbonyl (C=O) groups excluding carboxylic acids is 2. The molecule has 100 valence electrons. The third-order valence-corrected chi connectivity index (χ3v) is 2.49. The van der Waals surface area contributed by atoms with E-state index in [1.54, 1.807) is 0 Å². The molecule has 0 aromatic heterocycles. The zero-order valence-corrected chi connectivity index (χ0v) is 11.0. The van der Waals surface area contributed by atoms with Crippen LogP contribution < -0.4 is 16.4 Å². The highest BCUT2D eigenvalue weighted by molar-refractivity contribution is 6.35. The van der Waals surface area contributed by atoms with Crippen LogP contribution in [0.25, 0.3) is 0 Å². The molecule has 6 heteroatoms. The Kier molecular flexibility index (Phi) is 8.35. The van der Waals surface area contributed by atoms with Gasteiger partial charge in [0.15, 0.2) is 0 Å². The van der Waals surface area contributed by atoms with Gasteiger partial charge >= 0.3 is 11.8 Å². The van der Waals surface area contributed by atoms with Gasteiger partial charge in [0.05, 0.1) is 0 Å². The quantitative estimate of drug-likeness (QED) is 0.392. The largest absolute Gasteiger partial charge is 0.348 e. The van der Waals surface area contributed by atoms with Gasteiger partial charge in [0, 0.05) is 25.7 Å². The molecule has 6 nitrogen and oxygen atoms in total. The standard InChI is InChI=1S/C11H24N4O2/c1-9(2)15(3)8-4-6-13-10(16)11(17)14-7-5-12/h9H,4-8,12H2,1-3H3,(H,13,16)(H,14,17). The maximum atomic E-state index is 11.2. The Hall–Kier alpha value is -1.14. The maximum absolute atomic E-state index is 11.2. The zero-order valence-electron chi connectivity index (χ0n) is 11.0. The Morgan fingerprint density at radius 3 is 2.18 bits per heavy atom. The first-order valence-corrected chi connectivity index (χ1v) is 5.95. The molecule has 0 saturated heterocycles. The van der Waals surface area contributed by atoms with E-state index < -0.39 is 11.8 Å². The van der Waals surface area contributed by atoms with Crippen molar-refractivity contribution in [2.24, 2.45) is 5.73 Å². The van der Waals surface area contributed by atoms with E-state index in [4.69, 9.17) is 5.73 Å². The SMILES string of the molecule is CC(C)N(C)CCCNC(=O)C(=O)NCCN. The third-order valence-electron chi connectivity index (χ3n) is 2.49. The molecule has 0 spiro atoms. The highest BCUT2D eigenvalue weighted by Gasteiger charge is 2.11. The van der Waals surface area contributed by atoms with E-state index >= 15 is 0 Å². The molecule has 0 unspecified atom stereocenters. The van der Waals surface area contributed by atoms with Gasteiger partial charge < -0.3 is 21.3 Å². The summed E-state index contributed by atoms with van der Waals surface area (Å²) >= 11 is 0. The van der Waals surface area contributed by atoms with E-state index in [0.717, 1.165) is 13.0 Å². The first kappa shape index (κ1) is 15.9. The number of nitrogens with two attached hydrogens (primary N) is 1. The second-order valence-corrected chi connectivity index (χ2v) is 4.23. The first-order chi connectivity index (χ1) is 7.99. The molecule has 0 bridgehead atoms. The molecule has 0 aromatic carbocycles. The molecule has 0 atom stereocenters. The van der Waals surface area contributed by atoms with Crippen LogP contribution in [0.3, 0.4) is 0 Å². The van der Waals surface area contributed by atoms with Gasteiger partial charge in [-0.3, -0.25) is 9.59 Å². The van der Waals surface area contributed by atoms with Crippen LogP contribution in [0.1, 0.15) is 20.3 Å². The Morgan fingerprint density at radius 2 is 1.71 bits per heavy atom. The van der Waals surface area contributed by atoms with Crippen molar-refractivity contribution in [3.05, 3.63) is 0 Å². The highest BCUT2D eigenvalue weighted by Crippen LogP contribution is 1.93. The fourth-order valence-electron chi connectivity index (χ4n) is 1.13. The van der Waals surface area contributed by atoms with Crippen molar-refractivity contribution in [1.82, 2.24) is 15.5 Å². The molecule has 17 heavy (non-hydrogen) atoms. The fourth-order valence-corrected chi connectivity index (χ4v) is 1.13. The minimum Gasteiger partial charge on any atom is -0.348 e. The van der Waals surface area contributed by atoms with Gasteiger partial charge in [-0.1, -0.05) is 0 Å². The van der Waals surface area contributed by atoms with E-state index in [1.807, 2.05) is 7.05 Å². The van der Waals surface area contributed by atoms with Crippen molar-refractivity contribution < 1.29 is 9.59 Å². The average Bonchev–Trinajstić information content (AvgIpc) is 2.30. The van der Waals surface area contributed by atoms with E-state index in [-0.39, 0.29) is 0 Å². The summed E-state index contributed by atoms with van der Waals surface area (Å²) in [5.74, 6) is -1.21. The predicted octanol–water partition coefficient (Wildman–Crippen LogP) is -1.09. The van der Waals surface area contributed by atoms with Crippen molar-refractivity contribution in [3.8, 4) is 0 Å². The molecular formula is C11H24N4O2. The van der Waals surface area contributed by atoms with Crippen LogP contribution >= 0.6 is 0 Å². The summed E-state index contributed by atoms with van der Waals surface area (Å²) in [6, 6.07) is 0.485. The van der Waals surface area contributed by atoms with E-state index in [0.29, 0.717) is 25.7 Å². The number of carbonyl (C=O) groups is 2. The molecule has 0 aliphatic rings. The minimum atomic E-state index is -0.618. The lowest BCUT2D eigenvalue weighted by atomic mass is 10.3. The van der Waals surface area contributed by atoms with Crippen molar-refractivity contribution in [1.29, 1.82) is 0 Å². The van der Waals surface area contributed by atoms with Gasteiger partial charge in [-0.05, 0) is 33.9 Å². The molecule has 0 radical (unpaired) electrons. The van der Waals surface area contributed by atoms with Crippen LogP contribution in [0, 0.1) is 0 Å². The van der Waals surface area contributed by atoms with E-state index in [9.17, 15) is 9.59 Å². The van der Waals surface area contributed by atoms with Crippen LogP contribution in [-0.4, -0.2) is 56.0 Å². The Bertz CT molecular complexity index is 244. The molecule has 0 heterocycles. The summed E-state index contributed by atoms with van der Waals surface area (Å²) in [5.41, 5.74) is 5.21. The summed E-state index contributed by atoms with van der Waals surface area (Å²) in [4.78, 5) is 24.6. The van der Waals surface area contributed by atoms with E-state index in [1.165, 1.54) is 0 Å². The van der Waals surface area contributed by atoms with Gasteiger partial charge in [0.25, 0.3) is 0 Å². The number of nitrogens with one attached hydrogen (secondary N) is 2. The minimum absolute atomic E-state index is 0.322. The van der Waals surface area contributed by atoms with E-state index in [2.05, 4.69) is 29.4 Å². The Balaban J connectivity index is 3.61. The van der Waals surface area contributed by atoms with Crippen molar-refractivity contribution in [3.63, 3.8) is 0 Å². The van der Waals surface area contributed by atoms with Gasteiger partial charge in [-0.2, -0.15) is 0 Å². The number of hydrogen-bond acceptors (Lipinski definition) is 4. The topological polar surface area (TPSA) is 87.5 Å². The number of hydrogen-bond donors (Lipinski definition) is 3. The highest BCUT2D eigenvalue weighted by atomic mass is 16.2. The van der Waals surface area contributed by atoms with Crippen molar-refractivity contribution >= 4 is 11.8 Å².